The molecule has 1 aromatic rings. The summed E-state index contributed by atoms with van der Waals surface area (Å²) >= 11 is 2.87. The van der Waals surface area contributed by atoms with E-state index in [4.69, 9.17) is 0 Å². The standard InChI is InChI=1S/C7H7BrFNO2S/c1-2-13(11,12)5-3-6(8)7(9)10-4-5/h3-4H,2H2,1H3. The number of aromatic nitrogens is 1. The Morgan fingerprint density at radius 2 is 2.23 bits per heavy atom. The fourth-order valence-electron chi connectivity index (χ4n) is 0.740. The first kappa shape index (κ1) is 10.6. The maximum absolute atomic E-state index is 12.6. The Labute approximate surface area is 84.0 Å². The quantitative estimate of drug-likeness (QED) is 0.768. The molecule has 3 nitrogen and oxygen atoms in total. The lowest BCUT2D eigenvalue weighted by atomic mass is 10.5. The van der Waals surface area contributed by atoms with Gasteiger partial charge in [-0.05, 0) is 22.0 Å². The summed E-state index contributed by atoms with van der Waals surface area (Å²) < 4.78 is 35.3. The summed E-state index contributed by atoms with van der Waals surface area (Å²) in [6.45, 7) is 1.52. The van der Waals surface area contributed by atoms with E-state index in [1.54, 1.807) is 0 Å². The Hall–Kier alpha value is -0.490. The van der Waals surface area contributed by atoms with Gasteiger partial charge in [0.2, 0.25) is 5.95 Å². The Morgan fingerprint density at radius 3 is 2.69 bits per heavy atom. The number of rotatable bonds is 2. The van der Waals surface area contributed by atoms with E-state index in [9.17, 15) is 12.8 Å². The molecule has 0 amide bonds. The van der Waals surface area contributed by atoms with Gasteiger partial charge in [0, 0.05) is 6.20 Å². The number of pyridine rings is 1. The fourth-order valence-corrected chi connectivity index (χ4v) is 2.08. The van der Waals surface area contributed by atoms with Crippen molar-refractivity contribution in [3.63, 3.8) is 0 Å². The van der Waals surface area contributed by atoms with E-state index in [1.807, 2.05) is 0 Å². The summed E-state index contributed by atoms with van der Waals surface area (Å²) in [5, 5.41) is 0. The highest BCUT2D eigenvalue weighted by molar-refractivity contribution is 9.10. The van der Waals surface area contributed by atoms with E-state index in [0.29, 0.717) is 0 Å². The van der Waals surface area contributed by atoms with Crippen molar-refractivity contribution < 1.29 is 12.8 Å². The average molecular weight is 268 g/mol. The molecule has 0 aromatic carbocycles. The summed E-state index contributed by atoms with van der Waals surface area (Å²) in [6.07, 6.45) is 1.01. The van der Waals surface area contributed by atoms with E-state index < -0.39 is 15.8 Å². The van der Waals surface area contributed by atoms with Crippen LogP contribution in [0.1, 0.15) is 6.92 Å². The zero-order chi connectivity index (χ0) is 10.1. The van der Waals surface area contributed by atoms with Gasteiger partial charge in [-0.2, -0.15) is 4.39 Å². The molecule has 0 atom stereocenters. The summed E-state index contributed by atoms with van der Waals surface area (Å²) in [7, 11) is -3.30. The molecule has 0 bridgehead atoms. The minimum Gasteiger partial charge on any atom is -0.226 e. The lowest BCUT2D eigenvalue weighted by molar-refractivity contribution is 0.570. The van der Waals surface area contributed by atoms with E-state index in [0.717, 1.165) is 6.20 Å². The normalized spacial score (nSPS) is 11.6. The largest absolute Gasteiger partial charge is 0.227 e. The van der Waals surface area contributed by atoms with Crippen LogP contribution in [0.4, 0.5) is 4.39 Å². The highest BCUT2D eigenvalue weighted by atomic mass is 79.9. The number of sulfone groups is 1. The van der Waals surface area contributed by atoms with Crippen LogP contribution in [0.2, 0.25) is 0 Å². The smallest absolute Gasteiger partial charge is 0.226 e. The van der Waals surface area contributed by atoms with Crippen LogP contribution in [-0.2, 0) is 9.84 Å². The van der Waals surface area contributed by atoms with Crippen molar-refractivity contribution in [2.45, 2.75) is 11.8 Å². The van der Waals surface area contributed by atoms with Gasteiger partial charge < -0.3 is 0 Å². The van der Waals surface area contributed by atoms with Gasteiger partial charge in [-0.1, -0.05) is 6.92 Å². The third kappa shape index (κ3) is 2.25. The number of hydrogen-bond donors (Lipinski definition) is 0. The van der Waals surface area contributed by atoms with Crippen LogP contribution in [0.15, 0.2) is 21.6 Å². The molecule has 0 aliphatic heterocycles. The summed E-state index contributed by atoms with van der Waals surface area (Å²) in [6, 6.07) is 1.21. The van der Waals surface area contributed by atoms with Crippen molar-refractivity contribution in [1.82, 2.24) is 4.98 Å². The molecule has 6 heteroatoms. The van der Waals surface area contributed by atoms with E-state index in [1.165, 1.54) is 13.0 Å². The molecular weight excluding hydrogens is 261 g/mol. The molecule has 13 heavy (non-hydrogen) atoms. The Kier molecular flexibility index (Phi) is 3.02. The monoisotopic (exact) mass is 267 g/mol. The molecule has 1 aromatic heterocycles. The molecule has 0 N–H and O–H groups in total. The highest BCUT2D eigenvalue weighted by Crippen LogP contribution is 2.18. The summed E-state index contributed by atoms with van der Waals surface area (Å²) in [5.41, 5.74) is 0. The number of hydrogen-bond acceptors (Lipinski definition) is 3. The van der Waals surface area contributed by atoms with Crippen LogP contribution in [-0.4, -0.2) is 19.2 Å². The first-order valence-electron chi connectivity index (χ1n) is 3.51. The second-order valence-electron chi connectivity index (χ2n) is 2.35. The molecule has 1 rings (SSSR count). The first-order valence-corrected chi connectivity index (χ1v) is 5.95. The van der Waals surface area contributed by atoms with Crippen molar-refractivity contribution >= 4 is 25.8 Å². The van der Waals surface area contributed by atoms with Gasteiger partial charge in [-0.3, -0.25) is 0 Å². The number of nitrogens with zero attached hydrogens (tertiary/aromatic N) is 1. The molecule has 0 aliphatic carbocycles. The van der Waals surface area contributed by atoms with Gasteiger partial charge in [0.25, 0.3) is 0 Å². The predicted octanol–water partition coefficient (Wildman–Crippen LogP) is 1.78. The topological polar surface area (TPSA) is 47.0 Å². The molecule has 0 unspecified atom stereocenters. The van der Waals surface area contributed by atoms with Crippen LogP contribution in [0, 0.1) is 5.95 Å². The van der Waals surface area contributed by atoms with Gasteiger partial charge >= 0.3 is 0 Å². The third-order valence-corrected chi connectivity index (χ3v) is 3.77. The van der Waals surface area contributed by atoms with Crippen molar-refractivity contribution in [3.8, 4) is 0 Å². The predicted molar refractivity (Wildman–Crippen MR) is 49.6 cm³/mol. The van der Waals surface area contributed by atoms with Gasteiger partial charge in [0.15, 0.2) is 9.84 Å². The van der Waals surface area contributed by atoms with Crippen LogP contribution < -0.4 is 0 Å². The highest BCUT2D eigenvalue weighted by Gasteiger charge is 2.13. The Morgan fingerprint density at radius 1 is 1.62 bits per heavy atom. The summed E-state index contributed by atoms with van der Waals surface area (Å²) in [5.74, 6) is -0.734. The molecule has 0 radical (unpaired) electrons. The van der Waals surface area contributed by atoms with E-state index in [-0.39, 0.29) is 15.1 Å². The van der Waals surface area contributed by atoms with Crippen LogP contribution in [0.3, 0.4) is 0 Å². The fraction of sp³-hybridized carbons (Fsp3) is 0.286. The molecule has 0 spiro atoms. The minimum absolute atomic E-state index is 0.0211. The van der Waals surface area contributed by atoms with E-state index >= 15 is 0 Å². The number of halogens is 2. The van der Waals surface area contributed by atoms with Crippen molar-refractivity contribution in [3.05, 3.63) is 22.7 Å². The zero-order valence-corrected chi connectivity index (χ0v) is 9.19. The first-order chi connectivity index (χ1) is 5.97. The maximum atomic E-state index is 12.6. The van der Waals surface area contributed by atoms with Crippen LogP contribution in [0.25, 0.3) is 0 Å². The van der Waals surface area contributed by atoms with Gasteiger partial charge in [0.1, 0.15) is 0 Å². The van der Waals surface area contributed by atoms with Crippen molar-refractivity contribution in [2.24, 2.45) is 0 Å². The van der Waals surface area contributed by atoms with E-state index in [2.05, 4.69) is 20.9 Å². The van der Waals surface area contributed by atoms with Crippen LogP contribution in [0.5, 0.6) is 0 Å². The van der Waals surface area contributed by atoms with Crippen LogP contribution >= 0.6 is 15.9 Å². The SMILES string of the molecule is CCS(=O)(=O)c1cnc(F)c(Br)c1. The lowest BCUT2D eigenvalue weighted by Crippen LogP contribution is -2.04. The third-order valence-electron chi connectivity index (χ3n) is 1.51. The zero-order valence-electron chi connectivity index (χ0n) is 6.79. The van der Waals surface area contributed by atoms with Gasteiger partial charge in [-0.25, -0.2) is 13.4 Å². The molecule has 1 heterocycles. The van der Waals surface area contributed by atoms with Crippen molar-refractivity contribution in [2.75, 3.05) is 5.75 Å². The molecule has 72 valence electrons. The lowest BCUT2D eigenvalue weighted by Gasteiger charge is -2.00. The second kappa shape index (κ2) is 3.71. The maximum Gasteiger partial charge on any atom is 0.227 e. The molecular formula is C7H7BrFNO2S. The minimum atomic E-state index is -3.30. The van der Waals surface area contributed by atoms with Crippen molar-refractivity contribution in [1.29, 1.82) is 0 Å². The molecule has 0 aliphatic rings. The van der Waals surface area contributed by atoms with Gasteiger partial charge in [0.05, 0.1) is 15.1 Å². The Bertz CT molecular complexity index is 419. The van der Waals surface area contributed by atoms with Gasteiger partial charge in [-0.15, -0.1) is 0 Å². The average Bonchev–Trinajstić information content (AvgIpc) is 2.09. The second-order valence-corrected chi connectivity index (χ2v) is 5.48. The molecule has 0 saturated carbocycles. The molecule has 0 fully saturated rings. The molecule has 0 saturated heterocycles. The Balaban J connectivity index is 3.27. The summed E-state index contributed by atoms with van der Waals surface area (Å²) in [4.78, 5) is 3.33.